The number of nitrogens with one attached hydrogen (secondary N) is 1. The van der Waals surface area contributed by atoms with Gasteiger partial charge in [-0.3, -0.25) is 4.68 Å². The molecule has 0 saturated heterocycles. The highest BCUT2D eigenvalue weighted by atomic mass is 32.2. The summed E-state index contributed by atoms with van der Waals surface area (Å²) in [4.78, 5) is 1.44. The summed E-state index contributed by atoms with van der Waals surface area (Å²) in [6.07, 6.45) is 0. The maximum Gasteiger partial charge on any atom is 0.240 e. The second-order valence-corrected chi connectivity index (χ2v) is 8.72. The van der Waals surface area contributed by atoms with Crippen molar-refractivity contribution in [2.45, 2.75) is 32.2 Å². The molecule has 132 valence electrons. The zero-order valence-corrected chi connectivity index (χ0v) is 16.1. The van der Waals surface area contributed by atoms with E-state index in [1.165, 1.54) is 0 Å². The van der Waals surface area contributed by atoms with E-state index in [-0.39, 0.29) is 0 Å². The summed E-state index contributed by atoms with van der Waals surface area (Å²) >= 11 is 1.64. The molecule has 25 heavy (non-hydrogen) atoms. The lowest BCUT2D eigenvalue weighted by Gasteiger charge is -2.10. The van der Waals surface area contributed by atoms with Gasteiger partial charge in [0.05, 0.1) is 16.3 Å². The third-order valence-electron chi connectivity index (χ3n) is 3.99. The largest absolute Gasteiger partial charge is 0.268 e. The summed E-state index contributed by atoms with van der Waals surface area (Å²) in [5, 5.41) is 6.58. The number of nitrogens with zero attached hydrogens (tertiary/aromatic N) is 2. The Hall–Kier alpha value is -1.96. The standard InChI is InChI=1S/C18H21N3O2S2/c1-13-6-7-18(14(2)11-13)25(22,23)19-8-9-21-15(3)12-16(20-21)17-5-4-10-24-17/h4-7,10-12,19H,8-9H2,1-3H3. The molecule has 0 unspecified atom stereocenters. The minimum Gasteiger partial charge on any atom is -0.268 e. The molecule has 0 aliphatic rings. The van der Waals surface area contributed by atoms with E-state index >= 15 is 0 Å². The number of hydrogen-bond acceptors (Lipinski definition) is 4. The Kier molecular flexibility index (Phi) is 5.08. The predicted molar refractivity (Wildman–Crippen MR) is 101 cm³/mol. The summed E-state index contributed by atoms with van der Waals surface area (Å²) in [6.45, 7) is 6.52. The van der Waals surface area contributed by atoms with Gasteiger partial charge in [-0.1, -0.05) is 23.8 Å². The van der Waals surface area contributed by atoms with Gasteiger partial charge in [0.1, 0.15) is 5.69 Å². The number of thiophene rings is 1. The minimum atomic E-state index is -3.52. The van der Waals surface area contributed by atoms with Crippen molar-refractivity contribution in [3.63, 3.8) is 0 Å². The van der Waals surface area contributed by atoms with Gasteiger partial charge in [0.2, 0.25) is 10.0 Å². The first-order valence-electron chi connectivity index (χ1n) is 8.02. The Bertz CT molecular complexity index is 974. The SMILES string of the molecule is Cc1ccc(S(=O)(=O)NCCn2nc(-c3cccs3)cc2C)c(C)c1. The van der Waals surface area contributed by atoms with Gasteiger partial charge >= 0.3 is 0 Å². The molecule has 0 spiro atoms. The summed E-state index contributed by atoms with van der Waals surface area (Å²) in [5.41, 5.74) is 3.73. The van der Waals surface area contributed by atoms with Crippen LogP contribution < -0.4 is 4.72 Å². The quantitative estimate of drug-likeness (QED) is 0.717. The zero-order chi connectivity index (χ0) is 18.0. The average Bonchev–Trinajstić information content (AvgIpc) is 3.17. The maximum atomic E-state index is 12.5. The third-order valence-corrected chi connectivity index (χ3v) is 6.50. The first-order chi connectivity index (χ1) is 11.9. The van der Waals surface area contributed by atoms with Gasteiger partial charge in [-0.05, 0) is 49.9 Å². The molecule has 0 aliphatic heterocycles. The molecule has 2 aromatic heterocycles. The molecule has 3 rings (SSSR count). The molecular formula is C18H21N3O2S2. The third kappa shape index (κ3) is 4.00. The van der Waals surface area contributed by atoms with E-state index < -0.39 is 10.0 Å². The Morgan fingerprint density at radius 2 is 1.96 bits per heavy atom. The van der Waals surface area contributed by atoms with Crippen LogP contribution in [0.5, 0.6) is 0 Å². The van der Waals surface area contributed by atoms with Crippen molar-refractivity contribution >= 4 is 21.4 Å². The van der Waals surface area contributed by atoms with E-state index in [9.17, 15) is 8.42 Å². The van der Waals surface area contributed by atoms with Gasteiger partial charge in [-0.15, -0.1) is 11.3 Å². The van der Waals surface area contributed by atoms with Crippen LogP contribution in [0, 0.1) is 20.8 Å². The van der Waals surface area contributed by atoms with E-state index in [0.717, 1.165) is 27.4 Å². The number of benzene rings is 1. The molecular weight excluding hydrogens is 354 g/mol. The van der Waals surface area contributed by atoms with Crippen molar-refractivity contribution in [2.75, 3.05) is 6.54 Å². The van der Waals surface area contributed by atoms with Gasteiger partial charge in [-0.2, -0.15) is 5.10 Å². The minimum absolute atomic E-state index is 0.294. The van der Waals surface area contributed by atoms with E-state index in [0.29, 0.717) is 18.0 Å². The summed E-state index contributed by atoms with van der Waals surface area (Å²) in [5.74, 6) is 0. The Morgan fingerprint density at radius 1 is 1.16 bits per heavy atom. The first kappa shape index (κ1) is 17.8. The molecule has 0 amide bonds. The van der Waals surface area contributed by atoms with Crippen LogP contribution in [-0.2, 0) is 16.6 Å². The van der Waals surface area contributed by atoms with Crippen LogP contribution in [0.2, 0.25) is 0 Å². The molecule has 0 aliphatic carbocycles. The molecule has 7 heteroatoms. The summed E-state index contributed by atoms with van der Waals surface area (Å²) < 4.78 is 29.5. The second-order valence-electron chi connectivity index (χ2n) is 6.04. The topological polar surface area (TPSA) is 64.0 Å². The van der Waals surface area contributed by atoms with Crippen LogP contribution in [0.4, 0.5) is 0 Å². The van der Waals surface area contributed by atoms with Crippen LogP contribution >= 0.6 is 11.3 Å². The van der Waals surface area contributed by atoms with Gasteiger partial charge < -0.3 is 0 Å². The maximum absolute atomic E-state index is 12.5. The van der Waals surface area contributed by atoms with Gasteiger partial charge in [0.25, 0.3) is 0 Å². The van der Waals surface area contributed by atoms with Crippen LogP contribution in [0.15, 0.2) is 46.7 Å². The fraction of sp³-hybridized carbons (Fsp3) is 0.278. The number of aryl methyl sites for hydroxylation is 3. The van der Waals surface area contributed by atoms with Gasteiger partial charge in [0.15, 0.2) is 0 Å². The van der Waals surface area contributed by atoms with E-state index in [1.54, 1.807) is 17.4 Å². The molecule has 5 nitrogen and oxygen atoms in total. The predicted octanol–water partition coefficient (Wildman–Crippen LogP) is 3.52. The highest BCUT2D eigenvalue weighted by Crippen LogP contribution is 2.23. The number of aromatic nitrogens is 2. The Morgan fingerprint density at radius 3 is 2.64 bits per heavy atom. The number of sulfonamides is 1. The summed E-state index contributed by atoms with van der Waals surface area (Å²) in [6, 6.07) is 11.4. The van der Waals surface area contributed by atoms with E-state index in [4.69, 9.17) is 0 Å². The average molecular weight is 376 g/mol. The number of hydrogen-bond donors (Lipinski definition) is 1. The van der Waals surface area contributed by atoms with Crippen LogP contribution in [0.1, 0.15) is 16.8 Å². The molecule has 1 aromatic carbocycles. The van der Waals surface area contributed by atoms with E-state index in [1.807, 2.05) is 61.2 Å². The molecule has 0 bridgehead atoms. The molecule has 2 heterocycles. The van der Waals surface area contributed by atoms with Crippen molar-refractivity contribution in [2.24, 2.45) is 0 Å². The lowest BCUT2D eigenvalue weighted by Crippen LogP contribution is -2.28. The molecule has 0 atom stereocenters. The molecule has 0 radical (unpaired) electrons. The van der Waals surface area contributed by atoms with E-state index in [2.05, 4.69) is 9.82 Å². The highest BCUT2D eigenvalue weighted by molar-refractivity contribution is 7.89. The summed E-state index contributed by atoms with van der Waals surface area (Å²) in [7, 11) is -3.52. The van der Waals surface area contributed by atoms with Crippen LogP contribution in [0.3, 0.4) is 0 Å². The normalized spacial score (nSPS) is 11.8. The van der Waals surface area contributed by atoms with Crippen molar-refractivity contribution in [3.8, 4) is 10.6 Å². The lowest BCUT2D eigenvalue weighted by molar-refractivity contribution is 0.556. The fourth-order valence-electron chi connectivity index (χ4n) is 2.75. The second kappa shape index (κ2) is 7.11. The number of rotatable bonds is 6. The van der Waals surface area contributed by atoms with Crippen LogP contribution in [-0.4, -0.2) is 24.7 Å². The zero-order valence-electron chi connectivity index (χ0n) is 14.5. The van der Waals surface area contributed by atoms with Crippen molar-refractivity contribution < 1.29 is 8.42 Å². The Labute approximate surface area is 152 Å². The van der Waals surface area contributed by atoms with Crippen LogP contribution in [0.25, 0.3) is 10.6 Å². The molecule has 0 saturated carbocycles. The fourth-order valence-corrected chi connectivity index (χ4v) is 4.67. The highest BCUT2D eigenvalue weighted by Gasteiger charge is 2.16. The van der Waals surface area contributed by atoms with Crippen molar-refractivity contribution in [3.05, 3.63) is 58.6 Å². The molecule has 0 fully saturated rings. The Balaban J connectivity index is 1.68. The monoisotopic (exact) mass is 375 g/mol. The molecule has 1 N–H and O–H groups in total. The van der Waals surface area contributed by atoms with Gasteiger partial charge in [-0.25, -0.2) is 13.1 Å². The van der Waals surface area contributed by atoms with Gasteiger partial charge in [0, 0.05) is 12.2 Å². The van der Waals surface area contributed by atoms with Crippen molar-refractivity contribution in [1.82, 2.24) is 14.5 Å². The lowest BCUT2D eigenvalue weighted by atomic mass is 10.2. The first-order valence-corrected chi connectivity index (χ1v) is 10.4. The van der Waals surface area contributed by atoms with Crippen molar-refractivity contribution in [1.29, 1.82) is 0 Å². The smallest absolute Gasteiger partial charge is 0.240 e. The molecule has 3 aromatic rings.